The van der Waals surface area contributed by atoms with Crippen molar-refractivity contribution in [2.24, 2.45) is 5.92 Å². The zero-order valence-corrected chi connectivity index (χ0v) is 28.3. The van der Waals surface area contributed by atoms with Gasteiger partial charge in [-0.25, -0.2) is 4.98 Å². The van der Waals surface area contributed by atoms with Gasteiger partial charge in [0.2, 0.25) is 11.7 Å². The number of hydrogen-bond acceptors (Lipinski definition) is 8. The number of amides is 2. The number of anilines is 1. The van der Waals surface area contributed by atoms with Crippen molar-refractivity contribution in [2.75, 3.05) is 72.5 Å². The Bertz CT molecular complexity index is 1710. The first kappa shape index (κ1) is 33.1. The first-order valence-electron chi connectivity index (χ1n) is 16.8. The molecule has 2 atom stereocenters. The number of nitrogens with one attached hydrogen (secondary N) is 2. The van der Waals surface area contributed by atoms with E-state index in [9.17, 15) is 9.59 Å². The Morgan fingerprint density at radius 3 is 2.29 bits per heavy atom. The Morgan fingerprint density at radius 1 is 0.896 bits per heavy atom. The Morgan fingerprint density at radius 2 is 1.62 bits per heavy atom. The second-order valence-corrected chi connectivity index (χ2v) is 12.5. The van der Waals surface area contributed by atoms with Crippen LogP contribution in [-0.4, -0.2) is 93.9 Å². The highest BCUT2D eigenvalue weighted by molar-refractivity contribution is 5.98. The monoisotopic (exact) mass is 654 g/mol. The summed E-state index contributed by atoms with van der Waals surface area (Å²) < 4.78 is 19.0. The highest BCUT2D eigenvalue weighted by Gasteiger charge is 2.33. The third-order valence-electron chi connectivity index (χ3n) is 9.69. The molecule has 6 rings (SSSR count). The van der Waals surface area contributed by atoms with Crippen LogP contribution in [0, 0.1) is 5.92 Å². The predicted octanol–water partition coefficient (Wildman–Crippen LogP) is 4.76. The van der Waals surface area contributed by atoms with E-state index in [2.05, 4.69) is 55.3 Å². The van der Waals surface area contributed by atoms with Gasteiger partial charge in [0.15, 0.2) is 11.5 Å². The summed E-state index contributed by atoms with van der Waals surface area (Å²) in [7, 11) is 6.44. The van der Waals surface area contributed by atoms with E-state index < -0.39 is 0 Å². The molecule has 1 aliphatic carbocycles. The maximum absolute atomic E-state index is 13.4. The topological polar surface area (TPSA) is 110 Å². The Labute approximate surface area is 282 Å². The first-order chi connectivity index (χ1) is 23.4. The molecule has 1 aromatic heterocycles. The highest BCUT2D eigenvalue weighted by Crippen LogP contribution is 2.44. The molecule has 2 fully saturated rings. The zero-order valence-electron chi connectivity index (χ0n) is 28.3. The quantitative estimate of drug-likeness (QED) is 0.211. The van der Waals surface area contributed by atoms with Gasteiger partial charge >= 0.3 is 0 Å². The predicted molar refractivity (Wildman–Crippen MR) is 187 cm³/mol. The van der Waals surface area contributed by atoms with Crippen molar-refractivity contribution in [2.45, 2.75) is 31.7 Å². The Balaban J connectivity index is 1.19. The van der Waals surface area contributed by atoms with Crippen LogP contribution in [0.5, 0.6) is 17.2 Å². The molecule has 1 aliphatic heterocycles. The van der Waals surface area contributed by atoms with Gasteiger partial charge in [-0.15, -0.1) is 0 Å². The molecule has 2 unspecified atom stereocenters. The lowest BCUT2D eigenvalue weighted by atomic mass is 10.1. The van der Waals surface area contributed by atoms with Gasteiger partial charge in [-0.1, -0.05) is 18.2 Å². The largest absolute Gasteiger partial charge is 0.493 e. The molecule has 2 amide bonds. The molecule has 1 saturated carbocycles. The number of piperazine rings is 1. The molecule has 11 nitrogen and oxygen atoms in total. The molecule has 2 N–H and O–H groups in total. The molecule has 254 valence electrons. The lowest BCUT2D eigenvalue weighted by molar-refractivity contribution is -0.124. The Kier molecular flexibility index (Phi) is 10.3. The molecule has 0 radical (unpaired) electrons. The summed E-state index contributed by atoms with van der Waals surface area (Å²) in [5.41, 5.74) is 4.27. The summed E-state index contributed by atoms with van der Waals surface area (Å²) in [6.45, 7) is 5.59. The molecular weight excluding hydrogens is 608 g/mol. The summed E-state index contributed by atoms with van der Waals surface area (Å²) in [5, 5.41) is 5.94. The van der Waals surface area contributed by atoms with Gasteiger partial charge in [-0.2, -0.15) is 0 Å². The number of nitrogens with zero attached hydrogens (tertiary/aromatic N) is 4. The summed E-state index contributed by atoms with van der Waals surface area (Å²) in [4.78, 5) is 35.9. The van der Waals surface area contributed by atoms with E-state index in [1.165, 1.54) is 5.69 Å². The van der Waals surface area contributed by atoms with Gasteiger partial charge in [0.25, 0.3) is 5.91 Å². The molecular formula is C37H46N6O5. The normalized spacial score (nSPS) is 18.1. The molecule has 4 aromatic rings. The highest BCUT2D eigenvalue weighted by atomic mass is 16.5. The van der Waals surface area contributed by atoms with Crippen LogP contribution in [0.3, 0.4) is 0 Å². The lowest BCUT2D eigenvalue weighted by Gasteiger charge is -2.36. The minimum Gasteiger partial charge on any atom is -0.493 e. The standard InChI is InChI=1S/C37H46N6O5/c1-38-36(44)25-11-13-29(21-25)43-31-22-26(12-14-30(31)40-35(43)27-23-32(46-2)34(48-4)33(24-27)47-3)37(45)39-15-8-16-41-17-19-42(20-18-41)28-9-6-5-7-10-28/h5-7,9-10,12,14,22-25,29H,8,11,13,15-21H2,1-4H3,(H,38,44)(H,39,45). The number of para-hydroxylation sites is 1. The summed E-state index contributed by atoms with van der Waals surface area (Å²) >= 11 is 0. The fourth-order valence-corrected chi connectivity index (χ4v) is 7.13. The second-order valence-electron chi connectivity index (χ2n) is 12.5. The van der Waals surface area contributed by atoms with Crippen LogP contribution in [0.1, 0.15) is 42.1 Å². The van der Waals surface area contributed by atoms with Crippen molar-refractivity contribution in [1.29, 1.82) is 0 Å². The summed E-state index contributed by atoms with van der Waals surface area (Å²) in [6, 6.07) is 20.0. The zero-order chi connectivity index (χ0) is 33.6. The van der Waals surface area contributed by atoms with Crippen LogP contribution < -0.4 is 29.7 Å². The van der Waals surface area contributed by atoms with E-state index in [1.807, 2.05) is 30.3 Å². The third kappa shape index (κ3) is 6.92. The number of rotatable bonds is 12. The second kappa shape index (κ2) is 15.0. The van der Waals surface area contributed by atoms with Crippen LogP contribution in [0.25, 0.3) is 22.4 Å². The smallest absolute Gasteiger partial charge is 0.251 e. The molecule has 0 spiro atoms. The fraction of sp³-hybridized carbons (Fsp3) is 0.432. The number of ether oxygens (including phenoxy) is 3. The van der Waals surface area contributed by atoms with E-state index in [4.69, 9.17) is 19.2 Å². The molecule has 11 heteroatoms. The van der Waals surface area contributed by atoms with E-state index in [1.54, 1.807) is 28.4 Å². The third-order valence-corrected chi connectivity index (χ3v) is 9.69. The van der Waals surface area contributed by atoms with E-state index in [0.29, 0.717) is 35.8 Å². The lowest BCUT2D eigenvalue weighted by Crippen LogP contribution is -2.47. The van der Waals surface area contributed by atoms with Crippen molar-refractivity contribution in [3.8, 4) is 28.6 Å². The van der Waals surface area contributed by atoms with Crippen LogP contribution in [0.4, 0.5) is 5.69 Å². The minimum absolute atomic E-state index is 0.0204. The fourth-order valence-electron chi connectivity index (χ4n) is 7.13. The van der Waals surface area contributed by atoms with Gasteiger partial charge in [0.05, 0.1) is 32.4 Å². The molecule has 48 heavy (non-hydrogen) atoms. The van der Waals surface area contributed by atoms with Gasteiger partial charge in [-0.3, -0.25) is 14.5 Å². The number of carbonyl (C=O) groups is 2. The molecule has 3 aromatic carbocycles. The minimum atomic E-state index is -0.109. The molecule has 0 bridgehead atoms. The van der Waals surface area contributed by atoms with Crippen molar-refractivity contribution in [1.82, 2.24) is 25.1 Å². The van der Waals surface area contributed by atoms with Gasteiger partial charge in [-0.05, 0) is 74.7 Å². The van der Waals surface area contributed by atoms with Crippen LogP contribution in [0.2, 0.25) is 0 Å². The number of benzene rings is 3. The number of methoxy groups -OCH3 is 3. The maximum Gasteiger partial charge on any atom is 0.251 e. The number of imidazole rings is 1. The molecule has 2 aliphatic rings. The van der Waals surface area contributed by atoms with Crippen molar-refractivity contribution in [3.63, 3.8) is 0 Å². The Hall–Kier alpha value is -4.77. The first-order valence-corrected chi connectivity index (χ1v) is 16.8. The van der Waals surface area contributed by atoms with Gasteiger partial charge < -0.3 is 34.3 Å². The number of carbonyl (C=O) groups excluding carboxylic acids is 2. The van der Waals surface area contributed by atoms with E-state index in [0.717, 1.165) is 74.4 Å². The van der Waals surface area contributed by atoms with Crippen molar-refractivity contribution >= 4 is 28.5 Å². The maximum atomic E-state index is 13.4. The average molecular weight is 655 g/mol. The molecule has 1 saturated heterocycles. The SMILES string of the molecule is CNC(=O)C1CCC(n2c(-c3cc(OC)c(OC)c(OC)c3)nc3ccc(C(=O)NCCCN4CCN(c5ccccc5)CC4)cc32)C1. The summed E-state index contributed by atoms with van der Waals surface area (Å²) in [5.74, 6) is 2.13. The van der Waals surface area contributed by atoms with Crippen LogP contribution >= 0.6 is 0 Å². The van der Waals surface area contributed by atoms with E-state index in [-0.39, 0.29) is 23.8 Å². The van der Waals surface area contributed by atoms with Crippen LogP contribution in [-0.2, 0) is 4.79 Å². The van der Waals surface area contributed by atoms with E-state index >= 15 is 0 Å². The molecule has 2 heterocycles. The van der Waals surface area contributed by atoms with Gasteiger partial charge in [0, 0.05) is 68.5 Å². The van der Waals surface area contributed by atoms with Crippen LogP contribution in [0.15, 0.2) is 60.7 Å². The number of hydrogen-bond donors (Lipinski definition) is 2. The van der Waals surface area contributed by atoms with Crippen molar-refractivity contribution in [3.05, 3.63) is 66.2 Å². The number of fused-ring (bicyclic) bond motifs is 1. The summed E-state index contributed by atoms with van der Waals surface area (Å²) in [6.07, 6.45) is 3.15. The van der Waals surface area contributed by atoms with Crippen molar-refractivity contribution < 1.29 is 23.8 Å². The van der Waals surface area contributed by atoms with Gasteiger partial charge in [0.1, 0.15) is 5.82 Å². The average Bonchev–Trinajstić information content (AvgIpc) is 3.78. The number of aromatic nitrogens is 2.